The van der Waals surface area contributed by atoms with Crippen molar-refractivity contribution in [3.05, 3.63) is 5.69 Å². The van der Waals surface area contributed by atoms with Gasteiger partial charge in [-0.2, -0.15) is 9.44 Å². The maximum Gasteiger partial charge on any atom is 0.279 e. The van der Waals surface area contributed by atoms with Gasteiger partial charge in [0.1, 0.15) is 6.10 Å². The summed E-state index contributed by atoms with van der Waals surface area (Å²) >= 11 is 0.984. The van der Waals surface area contributed by atoms with E-state index in [0.29, 0.717) is 45.0 Å². The van der Waals surface area contributed by atoms with Crippen LogP contribution in [0, 0.1) is 0 Å². The number of carbonyl (C=O) groups is 1. The summed E-state index contributed by atoms with van der Waals surface area (Å²) in [6.45, 7) is 10.1. The average Bonchev–Trinajstić information content (AvgIpc) is 3.00. The van der Waals surface area contributed by atoms with E-state index in [9.17, 15) is 10.0 Å². The van der Waals surface area contributed by atoms with Crippen LogP contribution in [0.3, 0.4) is 0 Å². The van der Waals surface area contributed by atoms with Crippen LogP contribution in [0.4, 0.5) is 0 Å². The lowest BCUT2D eigenvalue weighted by atomic mass is 9.80. The number of carbonyl (C=O) groups excluding carboxylic acids is 1. The van der Waals surface area contributed by atoms with Gasteiger partial charge in [-0.15, -0.1) is 4.37 Å². The number of hydroxylamine groups is 2. The fourth-order valence-corrected chi connectivity index (χ4v) is 4.21. The van der Waals surface area contributed by atoms with Gasteiger partial charge in [0.15, 0.2) is 0 Å². The summed E-state index contributed by atoms with van der Waals surface area (Å²) in [6.07, 6.45) is 1.12. The molecule has 140 valence electrons. The molecule has 0 unspecified atom stereocenters. The van der Waals surface area contributed by atoms with Crippen molar-refractivity contribution in [1.29, 1.82) is 0 Å². The first-order valence-corrected chi connectivity index (χ1v) is 9.29. The van der Waals surface area contributed by atoms with Gasteiger partial charge in [-0.25, -0.2) is 0 Å². The minimum Gasteiger partial charge on any atom is -0.472 e. The van der Waals surface area contributed by atoms with Gasteiger partial charge >= 0.3 is 0 Å². The Kier molecular flexibility index (Phi) is 5.02. The maximum atomic E-state index is 12.7. The second-order valence-corrected chi connectivity index (χ2v) is 8.44. The quantitative estimate of drug-likeness (QED) is 0.868. The standard InChI is InChI=1S/C16H26N4O4S/c1-15(2)9-11(10-16(3,4)20(15)22)24-13-12(17-25-18-13)14(21)19-5-7-23-8-6-19/h11,22H,5-10H2,1-4H3. The Morgan fingerprint density at radius 2 is 1.80 bits per heavy atom. The highest BCUT2D eigenvalue weighted by atomic mass is 32.1. The van der Waals surface area contributed by atoms with Gasteiger partial charge < -0.3 is 19.6 Å². The highest BCUT2D eigenvalue weighted by molar-refractivity contribution is 6.99. The Morgan fingerprint density at radius 3 is 2.40 bits per heavy atom. The van der Waals surface area contributed by atoms with Crippen LogP contribution >= 0.6 is 11.7 Å². The molecule has 2 aliphatic heterocycles. The minimum atomic E-state index is -0.426. The van der Waals surface area contributed by atoms with E-state index < -0.39 is 11.1 Å². The molecule has 0 spiro atoms. The van der Waals surface area contributed by atoms with Gasteiger partial charge in [-0.3, -0.25) is 4.79 Å². The van der Waals surface area contributed by atoms with Gasteiger partial charge in [0.05, 0.1) is 24.9 Å². The molecule has 0 radical (unpaired) electrons. The first-order valence-electron chi connectivity index (χ1n) is 8.56. The summed E-state index contributed by atoms with van der Waals surface area (Å²) in [5.41, 5.74) is -0.581. The summed E-state index contributed by atoms with van der Waals surface area (Å²) in [5.74, 6) is 0.134. The van der Waals surface area contributed by atoms with Crippen LogP contribution in [0.15, 0.2) is 0 Å². The third-order valence-corrected chi connectivity index (χ3v) is 5.35. The van der Waals surface area contributed by atoms with Crippen LogP contribution in [-0.2, 0) is 4.74 Å². The predicted octanol–water partition coefficient (Wildman–Crippen LogP) is 1.80. The van der Waals surface area contributed by atoms with Gasteiger partial charge in [-0.05, 0) is 27.7 Å². The monoisotopic (exact) mass is 370 g/mol. The van der Waals surface area contributed by atoms with E-state index in [2.05, 4.69) is 8.75 Å². The van der Waals surface area contributed by atoms with Gasteiger partial charge in [0, 0.05) is 37.0 Å². The van der Waals surface area contributed by atoms with Crippen LogP contribution in [0.25, 0.3) is 0 Å². The lowest BCUT2D eigenvalue weighted by Crippen LogP contribution is -2.61. The van der Waals surface area contributed by atoms with Crippen molar-refractivity contribution in [2.24, 2.45) is 0 Å². The number of amides is 1. The first kappa shape index (κ1) is 18.5. The molecule has 3 heterocycles. The number of rotatable bonds is 3. The Morgan fingerprint density at radius 1 is 1.20 bits per heavy atom. The molecule has 0 aromatic carbocycles. The van der Waals surface area contributed by atoms with Crippen molar-refractivity contribution in [1.82, 2.24) is 18.7 Å². The molecule has 9 heteroatoms. The van der Waals surface area contributed by atoms with Crippen molar-refractivity contribution >= 4 is 17.6 Å². The van der Waals surface area contributed by atoms with E-state index in [1.54, 1.807) is 4.90 Å². The van der Waals surface area contributed by atoms with E-state index in [1.165, 1.54) is 5.06 Å². The number of piperidine rings is 1. The fraction of sp³-hybridized carbons (Fsp3) is 0.812. The van der Waals surface area contributed by atoms with E-state index >= 15 is 0 Å². The van der Waals surface area contributed by atoms with Crippen molar-refractivity contribution in [2.75, 3.05) is 26.3 Å². The molecule has 2 saturated heterocycles. The summed E-state index contributed by atoms with van der Waals surface area (Å²) in [4.78, 5) is 14.4. The normalized spacial score (nSPS) is 24.3. The molecule has 1 amide bonds. The zero-order valence-corrected chi connectivity index (χ0v) is 16.0. The molecule has 25 heavy (non-hydrogen) atoms. The smallest absolute Gasteiger partial charge is 0.279 e. The van der Waals surface area contributed by atoms with Crippen molar-refractivity contribution in [2.45, 2.75) is 57.7 Å². The number of ether oxygens (including phenoxy) is 2. The molecule has 0 saturated carbocycles. The minimum absolute atomic E-state index is 0.145. The maximum absolute atomic E-state index is 12.7. The Labute approximate surface area is 152 Å². The third kappa shape index (κ3) is 3.79. The lowest BCUT2D eigenvalue weighted by Gasteiger charge is -2.50. The molecule has 2 aliphatic rings. The lowest BCUT2D eigenvalue weighted by molar-refractivity contribution is -0.255. The predicted molar refractivity (Wildman–Crippen MR) is 92.1 cm³/mol. The summed E-state index contributed by atoms with van der Waals surface area (Å²) in [6, 6.07) is 0. The van der Waals surface area contributed by atoms with Crippen LogP contribution in [0.2, 0.25) is 0 Å². The van der Waals surface area contributed by atoms with Crippen molar-refractivity contribution < 1.29 is 19.5 Å². The van der Waals surface area contributed by atoms with Crippen molar-refractivity contribution in [3.63, 3.8) is 0 Å². The summed E-state index contributed by atoms with van der Waals surface area (Å²) < 4.78 is 19.7. The average molecular weight is 370 g/mol. The zero-order chi connectivity index (χ0) is 18.2. The van der Waals surface area contributed by atoms with Crippen LogP contribution in [0.5, 0.6) is 5.88 Å². The highest BCUT2D eigenvalue weighted by Crippen LogP contribution is 2.38. The summed E-state index contributed by atoms with van der Waals surface area (Å²) in [5, 5.41) is 11.8. The molecule has 8 nitrogen and oxygen atoms in total. The second-order valence-electron chi connectivity index (χ2n) is 7.91. The molecule has 1 aromatic heterocycles. The Bertz CT molecular complexity index is 609. The van der Waals surface area contributed by atoms with E-state index in [4.69, 9.17) is 9.47 Å². The first-order chi connectivity index (χ1) is 11.7. The van der Waals surface area contributed by atoms with Gasteiger partial charge in [-0.1, -0.05) is 0 Å². The molecule has 0 atom stereocenters. The number of hydrogen-bond acceptors (Lipinski definition) is 8. The molecule has 3 rings (SSSR count). The molecule has 0 bridgehead atoms. The van der Waals surface area contributed by atoms with Crippen LogP contribution in [0.1, 0.15) is 51.0 Å². The Hall–Kier alpha value is -1.29. The van der Waals surface area contributed by atoms with E-state index in [1.807, 2.05) is 27.7 Å². The number of nitrogens with zero attached hydrogens (tertiary/aromatic N) is 4. The Balaban J connectivity index is 1.74. The fourth-order valence-electron chi connectivity index (χ4n) is 3.72. The van der Waals surface area contributed by atoms with Gasteiger partial charge in [0.25, 0.3) is 11.8 Å². The van der Waals surface area contributed by atoms with E-state index in [-0.39, 0.29) is 17.7 Å². The van der Waals surface area contributed by atoms with Crippen LogP contribution < -0.4 is 4.74 Å². The summed E-state index contributed by atoms with van der Waals surface area (Å²) in [7, 11) is 0. The molecule has 1 aromatic rings. The van der Waals surface area contributed by atoms with Gasteiger partial charge in [0.2, 0.25) is 5.69 Å². The SMILES string of the molecule is CC1(C)CC(Oc2nsnc2C(=O)N2CCOCC2)CC(C)(C)N1O. The molecule has 0 aliphatic carbocycles. The number of hydrogen-bond donors (Lipinski definition) is 1. The highest BCUT2D eigenvalue weighted by Gasteiger charge is 2.46. The van der Waals surface area contributed by atoms with Crippen LogP contribution in [-0.4, -0.2) is 73.3 Å². The number of aromatic nitrogens is 2. The molecular weight excluding hydrogens is 344 g/mol. The third-order valence-electron chi connectivity index (χ3n) is 4.84. The second kappa shape index (κ2) is 6.79. The largest absolute Gasteiger partial charge is 0.472 e. The molecule has 2 fully saturated rings. The van der Waals surface area contributed by atoms with Crippen molar-refractivity contribution in [3.8, 4) is 5.88 Å². The van der Waals surface area contributed by atoms with E-state index in [0.717, 1.165) is 11.7 Å². The topological polar surface area (TPSA) is 88.0 Å². The zero-order valence-electron chi connectivity index (χ0n) is 15.2. The number of morpholine rings is 1. The molecule has 1 N–H and O–H groups in total. The molecular formula is C16H26N4O4S.